The van der Waals surface area contributed by atoms with Gasteiger partial charge < -0.3 is 24.8 Å². The van der Waals surface area contributed by atoms with Gasteiger partial charge in [-0.3, -0.25) is 4.79 Å². The summed E-state index contributed by atoms with van der Waals surface area (Å²) in [5, 5.41) is 30.9. The van der Waals surface area contributed by atoms with Crippen molar-refractivity contribution < 1.29 is 29.6 Å². The molecule has 1 saturated carbocycles. The molecule has 0 amide bonds. The largest absolute Gasteiger partial charge is 0.490 e. The normalized spacial score (nSPS) is 23.1. The SMILES string of the molecule is CC(O)(C=C[C@@H]1[C@@H](CC(=O)O)[C@@H](O)C[C@H]1OCc1ccc(-c2ccccc2)cc1)COc1ccccc1. The number of aliphatic carboxylic acids is 1. The molecule has 0 spiro atoms. The fourth-order valence-electron chi connectivity index (χ4n) is 4.76. The Morgan fingerprint density at radius 3 is 2.24 bits per heavy atom. The minimum Gasteiger partial charge on any atom is -0.490 e. The molecule has 6 nitrogen and oxygen atoms in total. The van der Waals surface area contributed by atoms with E-state index in [0.717, 1.165) is 16.7 Å². The Hall–Kier alpha value is -3.45. The number of hydrogen-bond acceptors (Lipinski definition) is 5. The van der Waals surface area contributed by atoms with Gasteiger partial charge in [-0.25, -0.2) is 0 Å². The van der Waals surface area contributed by atoms with Gasteiger partial charge in [-0.05, 0) is 35.7 Å². The second-order valence-corrected chi connectivity index (χ2v) is 9.87. The predicted molar refractivity (Wildman–Crippen MR) is 142 cm³/mol. The molecule has 0 saturated heterocycles. The summed E-state index contributed by atoms with van der Waals surface area (Å²) in [5.74, 6) is -1.20. The van der Waals surface area contributed by atoms with Crippen LogP contribution in [0.3, 0.4) is 0 Å². The summed E-state index contributed by atoms with van der Waals surface area (Å²) in [6, 6.07) is 27.5. The van der Waals surface area contributed by atoms with E-state index in [1.54, 1.807) is 19.1 Å². The number of carbonyl (C=O) groups is 1. The van der Waals surface area contributed by atoms with Gasteiger partial charge in [0.25, 0.3) is 0 Å². The number of carboxylic acids is 1. The fraction of sp³-hybridized carbons (Fsp3) is 0.323. The quantitative estimate of drug-likeness (QED) is 0.316. The van der Waals surface area contributed by atoms with Crippen LogP contribution in [0.4, 0.5) is 0 Å². The van der Waals surface area contributed by atoms with Crippen LogP contribution in [-0.2, 0) is 16.1 Å². The summed E-state index contributed by atoms with van der Waals surface area (Å²) in [7, 11) is 0. The first-order valence-corrected chi connectivity index (χ1v) is 12.6. The minimum absolute atomic E-state index is 0.0334. The Bertz CT molecular complexity index is 1160. The molecule has 3 aromatic rings. The molecule has 1 aliphatic rings. The maximum absolute atomic E-state index is 11.5. The highest BCUT2D eigenvalue weighted by molar-refractivity contribution is 5.67. The Labute approximate surface area is 217 Å². The van der Waals surface area contributed by atoms with Crippen molar-refractivity contribution in [1.29, 1.82) is 0 Å². The van der Waals surface area contributed by atoms with E-state index < -0.39 is 23.6 Å². The zero-order valence-corrected chi connectivity index (χ0v) is 20.9. The van der Waals surface area contributed by atoms with Gasteiger partial charge >= 0.3 is 5.97 Å². The molecule has 0 radical (unpaired) electrons. The van der Waals surface area contributed by atoms with E-state index >= 15 is 0 Å². The van der Waals surface area contributed by atoms with Crippen LogP contribution in [0.15, 0.2) is 97.1 Å². The van der Waals surface area contributed by atoms with Crippen molar-refractivity contribution >= 4 is 5.97 Å². The molecular formula is C31H34O6. The van der Waals surface area contributed by atoms with E-state index in [1.807, 2.05) is 72.8 Å². The summed E-state index contributed by atoms with van der Waals surface area (Å²) in [5.41, 5.74) is 1.96. The molecule has 0 aliphatic heterocycles. The van der Waals surface area contributed by atoms with Crippen LogP contribution in [0.1, 0.15) is 25.3 Å². The number of para-hydroxylation sites is 1. The van der Waals surface area contributed by atoms with E-state index in [2.05, 4.69) is 12.1 Å². The van der Waals surface area contributed by atoms with Crippen molar-refractivity contribution in [1.82, 2.24) is 0 Å². The number of benzene rings is 3. The van der Waals surface area contributed by atoms with Crippen LogP contribution in [0, 0.1) is 11.8 Å². The highest BCUT2D eigenvalue weighted by atomic mass is 16.5. The van der Waals surface area contributed by atoms with Crippen molar-refractivity contribution in [2.24, 2.45) is 11.8 Å². The fourth-order valence-corrected chi connectivity index (χ4v) is 4.76. The maximum atomic E-state index is 11.5. The third kappa shape index (κ3) is 7.52. The summed E-state index contributed by atoms with van der Waals surface area (Å²) >= 11 is 0. The summed E-state index contributed by atoms with van der Waals surface area (Å²) in [4.78, 5) is 11.5. The summed E-state index contributed by atoms with van der Waals surface area (Å²) in [6.07, 6.45) is 2.37. The van der Waals surface area contributed by atoms with Crippen LogP contribution in [0.25, 0.3) is 11.1 Å². The summed E-state index contributed by atoms with van der Waals surface area (Å²) in [6.45, 7) is 2.00. The zero-order valence-electron chi connectivity index (χ0n) is 20.9. The average Bonchev–Trinajstić information content (AvgIpc) is 3.20. The molecule has 1 aliphatic carbocycles. The number of hydrogen-bond donors (Lipinski definition) is 3. The molecule has 1 unspecified atom stereocenters. The number of rotatable bonds is 11. The Kier molecular flexibility index (Phi) is 8.77. The molecule has 194 valence electrons. The Morgan fingerprint density at radius 2 is 1.59 bits per heavy atom. The lowest BCUT2D eigenvalue weighted by atomic mass is 9.89. The number of aliphatic hydroxyl groups excluding tert-OH is 1. The van der Waals surface area contributed by atoms with Gasteiger partial charge in [0.15, 0.2) is 0 Å². The van der Waals surface area contributed by atoms with Crippen LogP contribution >= 0.6 is 0 Å². The smallest absolute Gasteiger partial charge is 0.303 e. The maximum Gasteiger partial charge on any atom is 0.303 e. The van der Waals surface area contributed by atoms with Gasteiger partial charge in [0.05, 0.1) is 25.2 Å². The number of ether oxygens (including phenoxy) is 2. The molecule has 5 atom stereocenters. The monoisotopic (exact) mass is 502 g/mol. The molecular weight excluding hydrogens is 468 g/mol. The third-order valence-electron chi connectivity index (χ3n) is 6.78. The molecule has 0 aromatic heterocycles. The summed E-state index contributed by atoms with van der Waals surface area (Å²) < 4.78 is 11.9. The van der Waals surface area contributed by atoms with Gasteiger partial charge in [-0.15, -0.1) is 0 Å². The molecule has 37 heavy (non-hydrogen) atoms. The molecule has 6 heteroatoms. The lowest BCUT2D eigenvalue weighted by molar-refractivity contribution is -0.139. The lowest BCUT2D eigenvalue weighted by Crippen LogP contribution is -2.31. The van der Waals surface area contributed by atoms with Crippen molar-refractivity contribution in [2.75, 3.05) is 6.61 Å². The average molecular weight is 503 g/mol. The van der Waals surface area contributed by atoms with Gasteiger partial charge in [0.2, 0.25) is 0 Å². The minimum atomic E-state index is -1.28. The molecule has 0 heterocycles. The topological polar surface area (TPSA) is 96.2 Å². The van der Waals surface area contributed by atoms with Gasteiger partial charge in [-0.1, -0.05) is 84.9 Å². The van der Waals surface area contributed by atoms with Crippen molar-refractivity contribution in [3.63, 3.8) is 0 Å². The van der Waals surface area contributed by atoms with Crippen LogP contribution < -0.4 is 4.74 Å². The molecule has 4 rings (SSSR count). The molecule has 1 fully saturated rings. The predicted octanol–water partition coefficient (Wildman–Crippen LogP) is 5.10. The van der Waals surface area contributed by atoms with Crippen LogP contribution in [-0.4, -0.2) is 45.7 Å². The zero-order chi connectivity index (χ0) is 26.3. The van der Waals surface area contributed by atoms with E-state index in [0.29, 0.717) is 18.8 Å². The van der Waals surface area contributed by atoms with E-state index in [9.17, 15) is 20.1 Å². The Balaban J connectivity index is 1.42. The second kappa shape index (κ2) is 12.2. The van der Waals surface area contributed by atoms with Crippen molar-refractivity contribution in [2.45, 2.75) is 44.2 Å². The lowest BCUT2D eigenvalue weighted by Gasteiger charge is -2.24. The highest BCUT2D eigenvalue weighted by Crippen LogP contribution is 2.38. The molecule has 3 aromatic carbocycles. The number of carboxylic acid groups (broad SMARTS) is 1. The Morgan fingerprint density at radius 1 is 0.973 bits per heavy atom. The van der Waals surface area contributed by atoms with E-state index in [-0.39, 0.29) is 25.0 Å². The van der Waals surface area contributed by atoms with Crippen molar-refractivity contribution in [3.8, 4) is 16.9 Å². The number of aliphatic hydroxyl groups is 2. The van der Waals surface area contributed by atoms with Crippen LogP contribution in [0.5, 0.6) is 5.75 Å². The van der Waals surface area contributed by atoms with Gasteiger partial charge in [0.1, 0.15) is 18.0 Å². The van der Waals surface area contributed by atoms with Crippen molar-refractivity contribution in [3.05, 3.63) is 103 Å². The first-order chi connectivity index (χ1) is 17.8. The van der Waals surface area contributed by atoms with E-state index in [4.69, 9.17) is 9.47 Å². The highest BCUT2D eigenvalue weighted by Gasteiger charge is 2.43. The molecule has 3 N–H and O–H groups in total. The van der Waals surface area contributed by atoms with E-state index in [1.165, 1.54) is 0 Å². The first kappa shape index (κ1) is 26.6. The van der Waals surface area contributed by atoms with Crippen LogP contribution in [0.2, 0.25) is 0 Å². The van der Waals surface area contributed by atoms with Gasteiger partial charge in [0, 0.05) is 18.3 Å². The standard InChI is InChI=1S/C31H34O6/c1-31(35,21-37-25-10-6-3-7-11-25)17-16-26-27(18-30(33)34)28(32)19-29(26)36-20-22-12-14-24(15-13-22)23-8-4-2-5-9-23/h2-17,26-29,32,35H,18-21H2,1H3,(H,33,34)/t26-,27-,28+,29-,31?/m1/s1. The van der Waals surface area contributed by atoms with Gasteiger partial charge in [-0.2, -0.15) is 0 Å². The molecule has 0 bridgehead atoms. The first-order valence-electron chi connectivity index (χ1n) is 12.6. The third-order valence-corrected chi connectivity index (χ3v) is 6.78. The second-order valence-electron chi connectivity index (χ2n) is 9.87.